The summed E-state index contributed by atoms with van der Waals surface area (Å²) in [4.78, 5) is 11.6. The Labute approximate surface area is 154 Å². The van der Waals surface area contributed by atoms with E-state index in [1.54, 1.807) is 13.3 Å². The highest BCUT2D eigenvalue weighted by Crippen LogP contribution is 2.30. The summed E-state index contributed by atoms with van der Waals surface area (Å²) in [6.45, 7) is 3.99. The topological polar surface area (TPSA) is 56.7 Å². The van der Waals surface area contributed by atoms with Gasteiger partial charge in [0, 0.05) is 24.8 Å². The van der Waals surface area contributed by atoms with Crippen molar-refractivity contribution in [3.63, 3.8) is 0 Å². The van der Waals surface area contributed by atoms with Crippen molar-refractivity contribution in [1.29, 1.82) is 0 Å². The summed E-state index contributed by atoms with van der Waals surface area (Å²) in [6, 6.07) is 8.08. The number of benzene rings is 1. The summed E-state index contributed by atoms with van der Waals surface area (Å²) >= 11 is 0. The van der Waals surface area contributed by atoms with Gasteiger partial charge in [0.1, 0.15) is 11.5 Å². The van der Waals surface area contributed by atoms with Gasteiger partial charge in [-0.3, -0.25) is 9.88 Å². The zero-order chi connectivity index (χ0) is 17.8. The van der Waals surface area contributed by atoms with Gasteiger partial charge < -0.3 is 14.2 Å². The van der Waals surface area contributed by atoms with E-state index in [0.29, 0.717) is 17.8 Å². The van der Waals surface area contributed by atoms with Crippen LogP contribution in [-0.2, 0) is 4.74 Å². The van der Waals surface area contributed by atoms with Crippen molar-refractivity contribution in [3.8, 4) is 17.4 Å². The summed E-state index contributed by atoms with van der Waals surface area (Å²) in [5.41, 5.74) is 1.03. The summed E-state index contributed by atoms with van der Waals surface area (Å²) in [5, 5.41) is 0. The van der Waals surface area contributed by atoms with Crippen molar-refractivity contribution in [3.05, 3.63) is 42.4 Å². The van der Waals surface area contributed by atoms with Gasteiger partial charge in [-0.1, -0.05) is 0 Å². The largest absolute Gasteiger partial charge is 0.497 e. The van der Waals surface area contributed by atoms with Gasteiger partial charge in [-0.2, -0.15) is 0 Å². The first-order chi connectivity index (χ1) is 12.8. The van der Waals surface area contributed by atoms with Gasteiger partial charge in [0.15, 0.2) is 0 Å². The fourth-order valence-electron chi connectivity index (χ4n) is 3.74. The molecule has 0 N–H and O–H groups in total. The van der Waals surface area contributed by atoms with Crippen LogP contribution < -0.4 is 9.47 Å². The van der Waals surface area contributed by atoms with E-state index in [2.05, 4.69) is 9.88 Å². The van der Waals surface area contributed by atoms with Crippen LogP contribution in [0.2, 0.25) is 0 Å². The molecule has 0 saturated carbocycles. The van der Waals surface area contributed by atoms with Crippen LogP contribution in [0.3, 0.4) is 0 Å². The van der Waals surface area contributed by atoms with E-state index in [-0.39, 0.29) is 0 Å². The van der Waals surface area contributed by atoms with Gasteiger partial charge in [-0.05, 0) is 56.6 Å². The third kappa shape index (κ3) is 3.97. The zero-order valence-electron chi connectivity index (χ0n) is 15.1. The molecule has 2 saturated heterocycles. The predicted octanol–water partition coefficient (Wildman–Crippen LogP) is 3.25. The SMILES string of the molecule is COc1ccc(Oc2cncc(C3CCN([C@H]4CCOC4)CC3)n2)cc1. The van der Waals surface area contributed by atoms with Crippen molar-refractivity contribution < 1.29 is 14.2 Å². The Balaban J connectivity index is 1.38. The number of nitrogens with zero attached hydrogens (tertiary/aromatic N) is 3. The van der Waals surface area contributed by atoms with Crippen molar-refractivity contribution in [1.82, 2.24) is 14.9 Å². The second-order valence-corrected chi connectivity index (χ2v) is 6.89. The molecule has 1 aromatic heterocycles. The molecule has 26 heavy (non-hydrogen) atoms. The van der Waals surface area contributed by atoms with Crippen LogP contribution in [0, 0.1) is 0 Å². The molecule has 3 heterocycles. The number of piperidine rings is 1. The van der Waals surface area contributed by atoms with Gasteiger partial charge in [0.25, 0.3) is 0 Å². The van der Waals surface area contributed by atoms with Gasteiger partial charge in [-0.15, -0.1) is 0 Å². The Morgan fingerprint density at radius 2 is 1.81 bits per heavy atom. The third-order valence-corrected chi connectivity index (χ3v) is 5.28. The van der Waals surface area contributed by atoms with Gasteiger partial charge in [0.2, 0.25) is 5.88 Å². The van der Waals surface area contributed by atoms with E-state index < -0.39 is 0 Å². The first kappa shape index (κ1) is 17.2. The molecule has 4 rings (SSSR count). The lowest BCUT2D eigenvalue weighted by Gasteiger charge is -2.35. The minimum absolute atomic E-state index is 0.445. The van der Waals surface area contributed by atoms with Crippen molar-refractivity contribution in [2.45, 2.75) is 31.2 Å². The van der Waals surface area contributed by atoms with Crippen LogP contribution in [0.5, 0.6) is 17.4 Å². The third-order valence-electron chi connectivity index (χ3n) is 5.28. The van der Waals surface area contributed by atoms with Crippen LogP contribution in [0.25, 0.3) is 0 Å². The van der Waals surface area contributed by atoms with Gasteiger partial charge in [-0.25, -0.2) is 4.98 Å². The zero-order valence-corrected chi connectivity index (χ0v) is 15.1. The standard InChI is InChI=1S/C20H25N3O3/c1-24-17-2-4-18(5-3-17)26-20-13-21-12-19(22-20)15-6-9-23(10-7-15)16-8-11-25-14-16/h2-5,12-13,15-16H,6-11,14H2,1H3/t16-/m0/s1. The summed E-state index contributed by atoms with van der Waals surface area (Å²) in [7, 11) is 1.65. The summed E-state index contributed by atoms with van der Waals surface area (Å²) in [6.07, 6.45) is 6.92. The average Bonchev–Trinajstić information content (AvgIpc) is 3.24. The Morgan fingerprint density at radius 3 is 2.50 bits per heavy atom. The number of aromatic nitrogens is 2. The molecule has 1 aromatic carbocycles. The summed E-state index contributed by atoms with van der Waals surface area (Å²) < 4.78 is 16.5. The van der Waals surface area contributed by atoms with Crippen molar-refractivity contribution >= 4 is 0 Å². The predicted molar refractivity (Wildman–Crippen MR) is 97.9 cm³/mol. The maximum Gasteiger partial charge on any atom is 0.238 e. The number of hydrogen-bond acceptors (Lipinski definition) is 6. The van der Waals surface area contributed by atoms with E-state index in [0.717, 1.165) is 62.8 Å². The van der Waals surface area contributed by atoms with Crippen LogP contribution in [0.1, 0.15) is 30.9 Å². The Bertz CT molecular complexity index is 708. The lowest BCUT2D eigenvalue weighted by molar-refractivity contribution is 0.121. The number of ether oxygens (including phenoxy) is 3. The van der Waals surface area contributed by atoms with Crippen LogP contribution in [0.4, 0.5) is 0 Å². The molecule has 1 atom stereocenters. The minimum Gasteiger partial charge on any atom is -0.497 e. The normalized spacial score (nSPS) is 21.7. The number of likely N-dealkylation sites (tertiary alicyclic amines) is 1. The number of methoxy groups -OCH3 is 1. The molecule has 2 fully saturated rings. The van der Waals surface area contributed by atoms with E-state index in [1.807, 2.05) is 30.5 Å². The lowest BCUT2D eigenvalue weighted by Crippen LogP contribution is -2.41. The number of rotatable bonds is 5. The molecule has 2 aliphatic heterocycles. The molecule has 2 aromatic rings. The number of hydrogen-bond donors (Lipinski definition) is 0. The van der Waals surface area contributed by atoms with E-state index in [9.17, 15) is 0 Å². The molecule has 0 radical (unpaired) electrons. The smallest absolute Gasteiger partial charge is 0.238 e. The molecule has 0 unspecified atom stereocenters. The lowest BCUT2D eigenvalue weighted by atomic mass is 9.93. The second-order valence-electron chi connectivity index (χ2n) is 6.89. The monoisotopic (exact) mass is 355 g/mol. The molecule has 0 amide bonds. The first-order valence-corrected chi connectivity index (χ1v) is 9.27. The highest BCUT2D eigenvalue weighted by molar-refractivity contribution is 5.33. The molecule has 6 nitrogen and oxygen atoms in total. The fraction of sp³-hybridized carbons (Fsp3) is 0.500. The maximum absolute atomic E-state index is 5.86. The Hall–Kier alpha value is -2.18. The highest BCUT2D eigenvalue weighted by atomic mass is 16.5. The molecule has 0 bridgehead atoms. The van der Waals surface area contributed by atoms with Crippen LogP contribution in [0.15, 0.2) is 36.7 Å². The molecule has 2 aliphatic rings. The summed E-state index contributed by atoms with van der Waals surface area (Å²) in [5.74, 6) is 2.52. The van der Waals surface area contributed by atoms with Crippen LogP contribution >= 0.6 is 0 Å². The van der Waals surface area contributed by atoms with Crippen molar-refractivity contribution in [2.24, 2.45) is 0 Å². The van der Waals surface area contributed by atoms with Crippen molar-refractivity contribution in [2.75, 3.05) is 33.4 Å². The minimum atomic E-state index is 0.445. The van der Waals surface area contributed by atoms with Gasteiger partial charge >= 0.3 is 0 Å². The fourth-order valence-corrected chi connectivity index (χ4v) is 3.74. The second kappa shape index (κ2) is 8.01. The molecular weight excluding hydrogens is 330 g/mol. The Kier molecular flexibility index (Phi) is 5.32. The molecule has 0 spiro atoms. The Morgan fingerprint density at radius 1 is 1.04 bits per heavy atom. The first-order valence-electron chi connectivity index (χ1n) is 9.27. The van der Waals surface area contributed by atoms with E-state index in [1.165, 1.54) is 0 Å². The highest BCUT2D eigenvalue weighted by Gasteiger charge is 2.28. The average molecular weight is 355 g/mol. The molecular formula is C20H25N3O3. The van der Waals surface area contributed by atoms with E-state index in [4.69, 9.17) is 19.2 Å². The van der Waals surface area contributed by atoms with E-state index >= 15 is 0 Å². The molecule has 138 valence electrons. The van der Waals surface area contributed by atoms with Crippen LogP contribution in [-0.4, -0.2) is 54.3 Å². The van der Waals surface area contributed by atoms with Gasteiger partial charge in [0.05, 0.1) is 25.6 Å². The molecule has 0 aliphatic carbocycles. The maximum atomic E-state index is 5.86. The quantitative estimate of drug-likeness (QED) is 0.821. The molecule has 6 heteroatoms.